The predicted molar refractivity (Wildman–Crippen MR) is 153 cm³/mol. The number of aromatic hydroxyl groups is 1. The molecule has 0 atom stereocenters. The second kappa shape index (κ2) is 13.1. The van der Waals surface area contributed by atoms with Crippen LogP contribution in [0.25, 0.3) is 0 Å². The lowest BCUT2D eigenvalue weighted by molar-refractivity contribution is 0.397. The lowest BCUT2D eigenvalue weighted by Crippen LogP contribution is -2.36. The number of halogens is 2. The highest BCUT2D eigenvalue weighted by atomic mass is 35.5. The Morgan fingerprint density at radius 1 is 0.600 bits per heavy atom. The van der Waals surface area contributed by atoms with Gasteiger partial charge < -0.3 is 14.9 Å². The number of piperidine rings is 2. The van der Waals surface area contributed by atoms with Gasteiger partial charge in [-0.05, 0) is 79.7 Å². The Morgan fingerprint density at radius 2 is 1.06 bits per heavy atom. The van der Waals surface area contributed by atoms with Crippen molar-refractivity contribution in [1.29, 1.82) is 0 Å². The molecule has 2 heterocycles. The third-order valence-electron chi connectivity index (χ3n) is 7.63. The Balaban J connectivity index is 0.00000171. The zero-order chi connectivity index (χ0) is 22.5. The third kappa shape index (κ3) is 7.08. The summed E-state index contributed by atoms with van der Waals surface area (Å²) < 4.78 is 0. The summed E-state index contributed by atoms with van der Waals surface area (Å²) in [6.45, 7) is 4.24. The number of phenolic OH excluding ortho intramolecular Hbond substituents is 1. The van der Waals surface area contributed by atoms with Crippen molar-refractivity contribution in [2.24, 2.45) is 11.8 Å². The van der Waals surface area contributed by atoms with Crippen LogP contribution < -0.4 is 9.80 Å². The fourth-order valence-corrected chi connectivity index (χ4v) is 5.63. The van der Waals surface area contributed by atoms with Gasteiger partial charge in [-0.2, -0.15) is 0 Å². The highest BCUT2D eigenvalue weighted by Crippen LogP contribution is 2.36. The Morgan fingerprint density at radius 3 is 1.54 bits per heavy atom. The zero-order valence-corrected chi connectivity index (χ0v) is 22.0. The van der Waals surface area contributed by atoms with Crippen LogP contribution in [0.4, 0.5) is 11.4 Å². The second-order valence-electron chi connectivity index (χ2n) is 9.91. The van der Waals surface area contributed by atoms with E-state index >= 15 is 0 Å². The second-order valence-corrected chi connectivity index (χ2v) is 9.91. The lowest BCUT2D eigenvalue weighted by atomic mass is 9.89. The maximum Gasteiger partial charge on any atom is 0.139 e. The monoisotopic (exact) mass is 512 g/mol. The highest BCUT2D eigenvalue weighted by Gasteiger charge is 2.24. The van der Waals surface area contributed by atoms with Gasteiger partial charge in [0.25, 0.3) is 0 Å². The van der Waals surface area contributed by atoms with Gasteiger partial charge in [0.15, 0.2) is 0 Å². The predicted octanol–water partition coefficient (Wildman–Crippen LogP) is 7.15. The minimum absolute atomic E-state index is 0. The van der Waals surface area contributed by atoms with Gasteiger partial charge >= 0.3 is 0 Å². The van der Waals surface area contributed by atoms with Crippen molar-refractivity contribution in [3.8, 4) is 5.75 Å². The van der Waals surface area contributed by atoms with Crippen LogP contribution >= 0.6 is 24.8 Å². The summed E-state index contributed by atoms with van der Waals surface area (Å²) in [6.07, 6.45) is 7.19. The molecule has 35 heavy (non-hydrogen) atoms. The molecular weight excluding hydrogens is 475 g/mol. The maximum atomic E-state index is 10.6. The first kappa shape index (κ1) is 27.2. The summed E-state index contributed by atoms with van der Waals surface area (Å²) >= 11 is 0. The van der Waals surface area contributed by atoms with Gasteiger partial charge in [0.1, 0.15) is 5.75 Å². The van der Waals surface area contributed by atoms with E-state index in [-0.39, 0.29) is 24.8 Å². The summed E-state index contributed by atoms with van der Waals surface area (Å²) in [7, 11) is 0. The van der Waals surface area contributed by atoms with E-state index in [2.05, 4.69) is 82.6 Å². The number of hydrogen-bond donors (Lipinski definition) is 1. The summed E-state index contributed by atoms with van der Waals surface area (Å²) in [4.78, 5) is 4.90. The van der Waals surface area contributed by atoms with E-state index in [9.17, 15) is 5.11 Å². The summed E-state index contributed by atoms with van der Waals surface area (Å²) in [5.74, 6) is 1.92. The Kier molecular flexibility index (Phi) is 10.2. The van der Waals surface area contributed by atoms with Crippen LogP contribution in [0.5, 0.6) is 5.75 Å². The van der Waals surface area contributed by atoms with Crippen molar-refractivity contribution in [1.82, 2.24) is 0 Å². The molecule has 0 spiro atoms. The van der Waals surface area contributed by atoms with E-state index < -0.39 is 0 Å². The van der Waals surface area contributed by atoms with E-state index in [1.807, 2.05) is 6.07 Å². The van der Waals surface area contributed by atoms with Crippen molar-refractivity contribution in [2.45, 2.75) is 38.5 Å². The fraction of sp³-hybridized carbons (Fsp3) is 0.400. The topological polar surface area (TPSA) is 26.7 Å². The van der Waals surface area contributed by atoms with E-state index in [4.69, 9.17) is 0 Å². The van der Waals surface area contributed by atoms with E-state index in [0.29, 0.717) is 5.75 Å². The molecule has 2 saturated heterocycles. The molecular formula is C30H38Cl2N2O. The largest absolute Gasteiger partial charge is 0.506 e. The molecule has 0 unspecified atom stereocenters. The molecule has 3 aromatic rings. The first-order valence-electron chi connectivity index (χ1n) is 12.7. The van der Waals surface area contributed by atoms with Crippen LogP contribution in [0.2, 0.25) is 0 Å². The number of anilines is 2. The maximum absolute atomic E-state index is 10.6. The average molecular weight is 514 g/mol. The Bertz CT molecular complexity index is 1020. The quantitative estimate of drug-likeness (QED) is 0.379. The first-order chi connectivity index (χ1) is 16.2. The zero-order valence-electron chi connectivity index (χ0n) is 20.4. The molecule has 3 aromatic carbocycles. The lowest BCUT2D eigenvalue weighted by Gasteiger charge is -2.36. The molecule has 0 saturated carbocycles. The molecule has 2 aliphatic rings. The van der Waals surface area contributed by atoms with Crippen LogP contribution in [-0.2, 0) is 12.8 Å². The van der Waals surface area contributed by atoms with Gasteiger partial charge in [-0.1, -0.05) is 60.7 Å². The van der Waals surface area contributed by atoms with E-state index in [1.165, 1.54) is 55.3 Å². The van der Waals surface area contributed by atoms with Crippen molar-refractivity contribution in [3.63, 3.8) is 0 Å². The molecule has 0 radical (unpaired) electrons. The van der Waals surface area contributed by atoms with Crippen LogP contribution in [0, 0.1) is 11.8 Å². The van der Waals surface area contributed by atoms with Gasteiger partial charge in [0.2, 0.25) is 0 Å². The molecule has 0 bridgehead atoms. The fourth-order valence-electron chi connectivity index (χ4n) is 5.63. The van der Waals surface area contributed by atoms with Gasteiger partial charge in [-0.25, -0.2) is 0 Å². The Labute approximate surface area is 223 Å². The molecule has 2 aliphatic heterocycles. The van der Waals surface area contributed by atoms with Gasteiger partial charge in [-0.3, -0.25) is 0 Å². The summed E-state index contributed by atoms with van der Waals surface area (Å²) in [6, 6.07) is 28.0. The van der Waals surface area contributed by atoms with Gasteiger partial charge in [-0.15, -0.1) is 24.8 Å². The number of nitrogens with zero attached hydrogens (tertiary/aromatic N) is 2. The molecule has 0 amide bonds. The van der Waals surface area contributed by atoms with Crippen LogP contribution in [0.15, 0.2) is 78.9 Å². The standard InChI is InChI=1S/C30H36N2O.2ClH/c33-30-12-11-28(31-17-13-26(14-18-31)21-24-7-3-1-4-8-24)23-29(30)32-19-15-27(16-20-32)22-25-9-5-2-6-10-25;;/h1-12,23,26-27,33H,13-22H2;2*1H. The highest BCUT2D eigenvalue weighted by molar-refractivity contribution is 5.85. The molecule has 5 rings (SSSR count). The van der Waals surface area contributed by atoms with Gasteiger partial charge in [0.05, 0.1) is 5.69 Å². The summed E-state index contributed by atoms with van der Waals surface area (Å²) in [5, 5.41) is 10.6. The normalized spacial score (nSPS) is 16.9. The summed E-state index contributed by atoms with van der Waals surface area (Å²) in [5.41, 5.74) is 5.17. The number of hydrogen-bond acceptors (Lipinski definition) is 3. The van der Waals surface area contributed by atoms with Crippen molar-refractivity contribution in [2.75, 3.05) is 36.0 Å². The molecule has 3 nitrogen and oxygen atoms in total. The van der Waals surface area contributed by atoms with Crippen molar-refractivity contribution >= 4 is 36.2 Å². The molecule has 0 aliphatic carbocycles. The third-order valence-corrected chi connectivity index (χ3v) is 7.63. The number of phenols is 1. The van der Waals surface area contributed by atoms with Crippen LogP contribution in [0.3, 0.4) is 0 Å². The SMILES string of the molecule is Cl.Cl.Oc1ccc(N2CCC(Cc3ccccc3)CC2)cc1N1CCC(Cc2ccccc2)CC1. The van der Waals surface area contributed by atoms with Crippen molar-refractivity contribution in [3.05, 3.63) is 90.0 Å². The minimum Gasteiger partial charge on any atom is -0.506 e. The van der Waals surface area contributed by atoms with Crippen LogP contribution in [0.1, 0.15) is 36.8 Å². The smallest absolute Gasteiger partial charge is 0.139 e. The molecule has 5 heteroatoms. The average Bonchev–Trinajstić information content (AvgIpc) is 2.87. The molecule has 2 fully saturated rings. The van der Waals surface area contributed by atoms with Crippen molar-refractivity contribution < 1.29 is 5.11 Å². The first-order valence-corrected chi connectivity index (χ1v) is 12.7. The Hall–Kier alpha value is -2.36. The van der Waals surface area contributed by atoms with E-state index in [0.717, 1.165) is 43.7 Å². The molecule has 1 N–H and O–H groups in total. The minimum atomic E-state index is 0. The molecule has 188 valence electrons. The number of rotatable bonds is 6. The van der Waals surface area contributed by atoms with E-state index in [1.54, 1.807) is 0 Å². The van der Waals surface area contributed by atoms with Gasteiger partial charge in [0, 0.05) is 31.9 Å². The molecule has 0 aromatic heterocycles. The van der Waals surface area contributed by atoms with Crippen LogP contribution in [-0.4, -0.2) is 31.3 Å². The number of benzene rings is 3.